The van der Waals surface area contributed by atoms with Gasteiger partial charge >= 0.3 is 6.18 Å². The van der Waals surface area contributed by atoms with Gasteiger partial charge in [0, 0.05) is 54.3 Å². The number of aromatic nitrogens is 2. The molecule has 0 unspecified atom stereocenters. The molecule has 36 heavy (non-hydrogen) atoms. The third-order valence-electron chi connectivity index (χ3n) is 5.81. The maximum atomic E-state index is 13.1. The number of rotatable bonds is 7. The Morgan fingerprint density at radius 2 is 1.94 bits per heavy atom. The van der Waals surface area contributed by atoms with Gasteiger partial charge in [-0.2, -0.15) is 13.2 Å². The number of morpholine rings is 1. The van der Waals surface area contributed by atoms with Crippen molar-refractivity contribution >= 4 is 11.5 Å². The number of ether oxygens (including phenoxy) is 2. The standard InChI is InChI=1S/C27H24F3N3O3/c1-3-9-36-26-24(33-7-10-35-11-8-33)15-21(17-32-26)23-12-19(16-31-18(23)2)13-25(34)20-5-4-6-22(14-20)27(28,29)30/h1,4-6,12,14-17H,7-11,13H2,2H3. The van der Waals surface area contributed by atoms with Crippen LogP contribution in [0.3, 0.4) is 0 Å². The third kappa shape index (κ3) is 5.83. The second-order valence-electron chi connectivity index (χ2n) is 8.30. The lowest BCUT2D eigenvalue weighted by atomic mass is 9.98. The number of pyridine rings is 2. The molecule has 3 heterocycles. The summed E-state index contributed by atoms with van der Waals surface area (Å²) >= 11 is 0. The molecule has 4 rings (SSSR count). The second-order valence-corrected chi connectivity index (χ2v) is 8.30. The second kappa shape index (κ2) is 10.8. The van der Waals surface area contributed by atoms with Crippen LogP contribution in [-0.4, -0.2) is 48.7 Å². The van der Waals surface area contributed by atoms with Crippen LogP contribution in [0.2, 0.25) is 0 Å². The molecule has 1 aliphatic rings. The number of carbonyl (C=O) groups is 1. The molecule has 186 valence electrons. The van der Waals surface area contributed by atoms with E-state index in [2.05, 4.69) is 20.8 Å². The predicted octanol–water partition coefficient (Wildman–Crippen LogP) is 4.74. The molecule has 1 aromatic carbocycles. The predicted molar refractivity (Wildman–Crippen MR) is 129 cm³/mol. The highest BCUT2D eigenvalue weighted by atomic mass is 19.4. The van der Waals surface area contributed by atoms with Crippen molar-refractivity contribution in [1.82, 2.24) is 9.97 Å². The number of nitrogens with zero attached hydrogens (tertiary/aromatic N) is 3. The third-order valence-corrected chi connectivity index (χ3v) is 5.81. The number of Topliss-reactive ketones (excluding diaryl/α,β-unsaturated/α-hetero) is 1. The molecule has 0 saturated carbocycles. The van der Waals surface area contributed by atoms with Crippen LogP contribution in [0, 0.1) is 19.3 Å². The van der Waals surface area contributed by atoms with Crippen LogP contribution in [0.25, 0.3) is 11.1 Å². The molecule has 3 aromatic rings. The number of halogens is 3. The molecule has 1 saturated heterocycles. The van der Waals surface area contributed by atoms with Gasteiger partial charge in [-0.1, -0.05) is 18.1 Å². The number of anilines is 1. The van der Waals surface area contributed by atoms with Crippen LogP contribution in [0.15, 0.2) is 48.8 Å². The Labute approximate surface area is 207 Å². The van der Waals surface area contributed by atoms with Gasteiger partial charge in [-0.15, -0.1) is 6.42 Å². The van der Waals surface area contributed by atoms with E-state index < -0.39 is 17.5 Å². The van der Waals surface area contributed by atoms with Crippen molar-refractivity contribution < 1.29 is 27.4 Å². The Hall–Kier alpha value is -3.90. The van der Waals surface area contributed by atoms with Crippen LogP contribution in [0.1, 0.15) is 27.2 Å². The van der Waals surface area contributed by atoms with E-state index in [9.17, 15) is 18.0 Å². The van der Waals surface area contributed by atoms with E-state index in [0.29, 0.717) is 37.7 Å². The molecule has 2 aromatic heterocycles. The van der Waals surface area contributed by atoms with Crippen molar-refractivity contribution in [1.29, 1.82) is 0 Å². The van der Waals surface area contributed by atoms with Crippen molar-refractivity contribution in [3.63, 3.8) is 0 Å². The minimum absolute atomic E-state index is 0.00163. The van der Waals surface area contributed by atoms with Crippen molar-refractivity contribution in [2.24, 2.45) is 0 Å². The smallest absolute Gasteiger partial charge is 0.416 e. The Balaban J connectivity index is 1.63. The summed E-state index contributed by atoms with van der Waals surface area (Å²) < 4.78 is 50.3. The molecule has 0 bridgehead atoms. The number of alkyl halides is 3. The topological polar surface area (TPSA) is 64.5 Å². The van der Waals surface area contributed by atoms with Gasteiger partial charge in [-0.3, -0.25) is 9.78 Å². The molecule has 9 heteroatoms. The molecule has 0 aliphatic carbocycles. The number of aryl methyl sites for hydroxylation is 1. The number of carbonyl (C=O) groups excluding carboxylic acids is 1. The fraction of sp³-hybridized carbons (Fsp3) is 0.296. The molecular formula is C27H24F3N3O3. The average Bonchev–Trinajstić information content (AvgIpc) is 2.88. The summed E-state index contributed by atoms with van der Waals surface area (Å²) in [6.07, 6.45) is 3.95. The van der Waals surface area contributed by atoms with Crippen molar-refractivity contribution in [3.8, 4) is 29.4 Å². The maximum absolute atomic E-state index is 13.1. The van der Waals surface area contributed by atoms with Gasteiger partial charge in [0.2, 0.25) is 5.88 Å². The van der Waals surface area contributed by atoms with Gasteiger partial charge in [0.1, 0.15) is 5.69 Å². The molecule has 0 amide bonds. The summed E-state index contributed by atoms with van der Waals surface area (Å²) in [6, 6.07) is 8.18. The van der Waals surface area contributed by atoms with Crippen LogP contribution in [-0.2, 0) is 17.3 Å². The van der Waals surface area contributed by atoms with Gasteiger partial charge < -0.3 is 14.4 Å². The Kier molecular flexibility index (Phi) is 7.55. The van der Waals surface area contributed by atoms with Crippen LogP contribution >= 0.6 is 0 Å². The van der Waals surface area contributed by atoms with Gasteiger partial charge in [-0.05, 0) is 36.8 Å². The summed E-state index contributed by atoms with van der Waals surface area (Å²) in [7, 11) is 0. The highest BCUT2D eigenvalue weighted by Gasteiger charge is 2.31. The van der Waals surface area contributed by atoms with Crippen LogP contribution in [0.5, 0.6) is 5.88 Å². The number of hydrogen-bond acceptors (Lipinski definition) is 6. The molecule has 0 radical (unpaired) electrons. The first-order valence-corrected chi connectivity index (χ1v) is 11.3. The number of ketones is 1. The minimum Gasteiger partial charge on any atom is -0.463 e. The molecule has 0 spiro atoms. The minimum atomic E-state index is -4.52. The lowest BCUT2D eigenvalue weighted by Crippen LogP contribution is -2.36. The molecule has 6 nitrogen and oxygen atoms in total. The lowest BCUT2D eigenvalue weighted by Gasteiger charge is -2.30. The van der Waals surface area contributed by atoms with E-state index >= 15 is 0 Å². The Morgan fingerprint density at radius 3 is 2.67 bits per heavy atom. The largest absolute Gasteiger partial charge is 0.463 e. The molecule has 1 fully saturated rings. The van der Waals surface area contributed by atoms with E-state index in [0.717, 1.165) is 34.6 Å². The summed E-state index contributed by atoms with van der Waals surface area (Å²) in [6.45, 7) is 4.40. The number of benzene rings is 1. The van der Waals surface area contributed by atoms with Gasteiger partial charge in [-0.25, -0.2) is 4.98 Å². The normalized spacial score (nSPS) is 13.8. The first-order valence-electron chi connectivity index (χ1n) is 11.3. The summed E-state index contributed by atoms with van der Waals surface area (Å²) in [4.78, 5) is 23.8. The zero-order valence-corrected chi connectivity index (χ0v) is 19.6. The van der Waals surface area contributed by atoms with Gasteiger partial charge in [0.15, 0.2) is 12.4 Å². The molecular weight excluding hydrogens is 471 g/mol. The van der Waals surface area contributed by atoms with E-state index in [1.807, 2.05) is 19.1 Å². The molecule has 1 aliphatic heterocycles. The first-order chi connectivity index (χ1) is 17.3. The average molecular weight is 496 g/mol. The van der Waals surface area contributed by atoms with E-state index in [1.165, 1.54) is 12.1 Å². The Morgan fingerprint density at radius 1 is 1.17 bits per heavy atom. The van der Waals surface area contributed by atoms with E-state index in [1.54, 1.807) is 12.4 Å². The van der Waals surface area contributed by atoms with Gasteiger partial charge in [0.25, 0.3) is 0 Å². The highest BCUT2D eigenvalue weighted by Crippen LogP contribution is 2.34. The number of hydrogen-bond donors (Lipinski definition) is 0. The van der Waals surface area contributed by atoms with Crippen molar-refractivity contribution in [2.75, 3.05) is 37.8 Å². The highest BCUT2D eigenvalue weighted by molar-refractivity contribution is 5.97. The monoisotopic (exact) mass is 495 g/mol. The summed E-state index contributed by atoms with van der Waals surface area (Å²) in [5.74, 6) is 2.43. The summed E-state index contributed by atoms with van der Waals surface area (Å²) in [5.41, 5.74) is 2.74. The zero-order valence-electron chi connectivity index (χ0n) is 19.6. The quantitative estimate of drug-likeness (QED) is 0.348. The molecule has 0 atom stereocenters. The first kappa shape index (κ1) is 25.2. The van der Waals surface area contributed by atoms with Crippen molar-refractivity contribution in [3.05, 3.63) is 71.2 Å². The van der Waals surface area contributed by atoms with E-state index in [4.69, 9.17) is 15.9 Å². The van der Waals surface area contributed by atoms with Crippen LogP contribution < -0.4 is 9.64 Å². The zero-order chi connectivity index (χ0) is 25.7. The SMILES string of the molecule is C#CCOc1ncc(-c2cc(CC(=O)c3cccc(C(F)(F)F)c3)cnc2C)cc1N1CCOCC1. The Bertz CT molecular complexity index is 1300. The van der Waals surface area contributed by atoms with Gasteiger partial charge in [0.05, 0.1) is 18.8 Å². The van der Waals surface area contributed by atoms with E-state index in [-0.39, 0.29) is 18.6 Å². The maximum Gasteiger partial charge on any atom is 0.416 e. The number of terminal acetylenes is 1. The summed E-state index contributed by atoms with van der Waals surface area (Å²) in [5, 5.41) is 0. The molecule has 0 N–H and O–H groups in total. The fourth-order valence-corrected chi connectivity index (χ4v) is 3.96. The fourth-order valence-electron chi connectivity index (χ4n) is 3.96. The van der Waals surface area contributed by atoms with Crippen LogP contribution in [0.4, 0.5) is 18.9 Å². The van der Waals surface area contributed by atoms with Crippen molar-refractivity contribution in [2.45, 2.75) is 19.5 Å². The lowest BCUT2D eigenvalue weighted by molar-refractivity contribution is -0.137.